The fourth-order valence-electron chi connectivity index (χ4n) is 1.09. The minimum Gasteiger partial charge on any atom is -0.171 e. The summed E-state index contributed by atoms with van der Waals surface area (Å²) in [7, 11) is 0. The Labute approximate surface area is 86.7 Å². The number of halogens is 3. The van der Waals surface area contributed by atoms with Crippen molar-refractivity contribution < 1.29 is 13.2 Å². The van der Waals surface area contributed by atoms with Gasteiger partial charge in [0.05, 0.1) is 6.42 Å². The van der Waals surface area contributed by atoms with E-state index in [-0.39, 0.29) is 5.57 Å². The third-order valence-corrected chi connectivity index (χ3v) is 1.74. The molecule has 0 spiro atoms. The van der Waals surface area contributed by atoms with Gasteiger partial charge in [-0.15, -0.1) is 0 Å². The highest BCUT2D eigenvalue weighted by Gasteiger charge is 2.27. The van der Waals surface area contributed by atoms with E-state index in [2.05, 4.69) is 6.58 Å². The molecule has 0 amide bonds. The molecule has 15 heavy (non-hydrogen) atoms. The molecule has 0 aliphatic heterocycles. The summed E-state index contributed by atoms with van der Waals surface area (Å²) < 4.78 is 35.8. The van der Waals surface area contributed by atoms with Crippen LogP contribution in [0.25, 0.3) is 6.08 Å². The van der Waals surface area contributed by atoms with Crippen molar-refractivity contribution in [3.8, 4) is 0 Å². The SMILES string of the molecule is C=C(/C=C/c1ccccc1)CC(F)(F)F. The number of hydrogen-bond donors (Lipinski definition) is 0. The summed E-state index contributed by atoms with van der Waals surface area (Å²) in [4.78, 5) is 0. The Bertz CT molecular complexity index is 347. The van der Waals surface area contributed by atoms with E-state index in [9.17, 15) is 13.2 Å². The van der Waals surface area contributed by atoms with Crippen LogP contribution in [0.4, 0.5) is 13.2 Å². The van der Waals surface area contributed by atoms with Crippen molar-refractivity contribution in [3.63, 3.8) is 0 Å². The largest absolute Gasteiger partial charge is 0.393 e. The number of alkyl halides is 3. The van der Waals surface area contributed by atoms with Gasteiger partial charge in [-0.25, -0.2) is 0 Å². The summed E-state index contributed by atoms with van der Waals surface area (Å²) in [6.07, 6.45) is -2.13. The van der Waals surface area contributed by atoms with E-state index in [1.165, 1.54) is 6.08 Å². The van der Waals surface area contributed by atoms with Gasteiger partial charge in [0.25, 0.3) is 0 Å². The third kappa shape index (κ3) is 5.05. The van der Waals surface area contributed by atoms with E-state index in [4.69, 9.17) is 0 Å². The number of allylic oxidation sites excluding steroid dienone is 2. The zero-order chi connectivity index (χ0) is 11.3. The molecule has 0 aliphatic rings. The van der Waals surface area contributed by atoms with Gasteiger partial charge in [-0.05, 0) is 11.1 Å². The summed E-state index contributed by atoms with van der Waals surface area (Å²) in [6, 6.07) is 9.13. The maximum atomic E-state index is 11.9. The zero-order valence-corrected chi connectivity index (χ0v) is 8.09. The second-order valence-electron chi connectivity index (χ2n) is 3.19. The van der Waals surface area contributed by atoms with Crippen LogP contribution in [0.5, 0.6) is 0 Å². The van der Waals surface area contributed by atoms with Crippen LogP contribution in [0.1, 0.15) is 12.0 Å². The monoisotopic (exact) mass is 212 g/mol. The van der Waals surface area contributed by atoms with Gasteiger partial charge in [0, 0.05) is 0 Å². The smallest absolute Gasteiger partial charge is 0.171 e. The van der Waals surface area contributed by atoms with Crippen LogP contribution in [-0.2, 0) is 0 Å². The van der Waals surface area contributed by atoms with E-state index in [0.29, 0.717) is 0 Å². The summed E-state index contributed by atoms with van der Waals surface area (Å²) in [5.74, 6) is 0. The lowest BCUT2D eigenvalue weighted by atomic mass is 10.1. The normalized spacial score (nSPS) is 11.9. The summed E-state index contributed by atoms with van der Waals surface area (Å²) in [5.41, 5.74) is 0.923. The van der Waals surface area contributed by atoms with Gasteiger partial charge in [0.1, 0.15) is 0 Å². The molecule has 0 fully saturated rings. The predicted octanol–water partition coefficient (Wildman–Crippen LogP) is 4.21. The van der Waals surface area contributed by atoms with E-state index < -0.39 is 12.6 Å². The third-order valence-electron chi connectivity index (χ3n) is 1.74. The lowest BCUT2D eigenvalue weighted by Gasteiger charge is -2.04. The van der Waals surface area contributed by atoms with Gasteiger partial charge < -0.3 is 0 Å². The Kier molecular flexibility index (Phi) is 3.72. The molecule has 0 nitrogen and oxygen atoms in total. The quantitative estimate of drug-likeness (QED) is 0.658. The van der Waals surface area contributed by atoms with Crippen molar-refractivity contribution in [1.82, 2.24) is 0 Å². The second-order valence-corrected chi connectivity index (χ2v) is 3.19. The first-order valence-corrected chi connectivity index (χ1v) is 4.45. The lowest BCUT2D eigenvalue weighted by molar-refractivity contribution is -0.126. The molecule has 1 aromatic carbocycles. The Balaban J connectivity index is 2.56. The Morgan fingerprint density at radius 2 is 1.80 bits per heavy atom. The molecule has 0 saturated carbocycles. The number of hydrogen-bond acceptors (Lipinski definition) is 0. The summed E-state index contributed by atoms with van der Waals surface area (Å²) in [6.45, 7) is 3.35. The van der Waals surface area contributed by atoms with Gasteiger partial charge >= 0.3 is 6.18 Å². The van der Waals surface area contributed by atoms with Crippen LogP contribution in [-0.4, -0.2) is 6.18 Å². The molecule has 0 N–H and O–H groups in total. The molecule has 0 bridgehead atoms. The summed E-state index contributed by atoms with van der Waals surface area (Å²) in [5, 5.41) is 0. The Morgan fingerprint density at radius 1 is 1.20 bits per heavy atom. The van der Waals surface area contributed by atoms with Crippen LogP contribution < -0.4 is 0 Å². The molecule has 0 aliphatic carbocycles. The van der Waals surface area contributed by atoms with Crippen LogP contribution in [0.15, 0.2) is 48.6 Å². The minimum absolute atomic E-state index is 0.0614. The zero-order valence-electron chi connectivity index (χ0n) is 8.09. The van der Waals surface area contributed by atoms with Gasteiger partial charge in [0.15, 0.2) is 0 Å². The van der Waals surface area contributed by atoms with Gasteiger partial charge in [0.2, 0.25) is 0 Å². The van der Waals surface area contributed by atoms with E-state index in [1.807, 2.05) is 30.3 Å². The first-order chi connectivity index (χ1) is 6.97. The molecular weight excluding hydrogens is 201 g/mol. The van der Waals surface area contributed by atoms with Crippen molar-refractivity contribution in [2.24, 2.45) is 0 Å². The molecule has 0 radical (unpaired) electrons. The highest BCUT2D eigenvalue weighted by atomic mass is 19.4. The van der Waals surface area contributed by atoms with E-state index in [0.717, 1.165) is 5.56 Å². The number of benzene rings is 1. The predicted molar refractivity (Wildman–Crippen MR) is 55.3 cm³/mol. The molecule has 0 saturated heterocycles. The van der Waals surface area contributed by atoms with Crippen molar-refractivity contribution in [2.75, 3.05) is 0 Å². The van der Waals surface area contributed by atoms with E-state index >= 15 is 0 Å². The molecule has 1 aromatic rings. The van der Waals surface area contributed by atoms with Crippen molar-refractivity contribution in [1.29, 1.82) is 0 Å². The molecule has 1 rings (SSSR count). The fraction of sp³-hybridized carbons (Fsp3) is 0.167. The molecule has 0 unspecified atom stereocenters. The average molecular weight is 212 g/mol. The van der Waals surface area contributed by atoms with Crippen LogP contribution in [0.3, 0.4) is 0 Å². The van der Waals surface area contributed by atoms with Gasteiger partial charge in [-0.2, -0.15) is 13.2 Å². The Hall–Kier alpha value is -1.51. The van der Waals surface area contributed by atoms with Gasteiger partial charge in [-0.3, -0.25) is 0 Å². The van der Waals surface area contributed by atoms with Crippen LogP contribution in [0, 0.1) is 0 Å². The second kappa shape index (κ2) is 4.82. The fourth-order valence-corrected chi connectivity index (χ4v) is 1.09. The molecule has 0 aromatic heterocycles. The minimum atomic E-state index is -4.18. The van der Waals surface area contributed by atoms with Crippen molar-refractivity contribution in [3.05, 3.63) is 54.1 Å². The molecule has 3 heteroatoms. The highest BCUT2D eigenvalue weighted by Crippen LogP contribution is 2.24. The molecule has 0 heterocycles. The average Bonchev–Trinajstić information content (AvgIpc) is 2.14. The Morgan fingerprint density at radius 3 is 2.33 bits per heavy atom. The lowest BCUT2D eigenvalue weighted by Crippen LogP contribution is -2.06. The summed E-state index contributed by atoms with van der Waals surface area (Å²) >= 11 is 0. The first kappa shape index (κ1) is 11.6. The molecule has 80 valence electrons. The highest BCUT2D eigenvalue weighted by molar-refractivity contribution is 5.52. The van der Waals surface area contributed by atoms with E-state index in [1.54, 1.807) is 6.08 Å². The standard InChI is InChI=1S/C12H11F3/c1-10(9-12(13,14)15)7-8-11-5-3-2-4-6-11/h2-8H,1,9H2/b8-7+. The molecule has 0 atom stereocenters. The van der Waals surface area contributed by atoms with Crippen molar-refractivity contribution >= 4 is 6.08 Å². The van der Waals surface area contributed by atoms with Crippen molar-refractivity contribution in [2.45, 2.75) is 12.6 Å². The van der Waals surface area contributed by atoms with Crippen LogP contribution >= 0.6 is 0 Å². The maximum absolute atomic E-state index is 11.9. The number of rotatable bonds is 3. The first-order valence-electron chi connectivity index (χ1n) is 4.45. The van der Waals surface area contributed by atoms with Crippen LogP contribution in [0.2, 0.25) is 0 Å². The molecular formula is C12H11F3. The van der Waals surface area contributed by atoms with Gasteiger partial charge in [-0.1, -0.05) is 49.1 Å². The topological polar surface area (TPSA) is 0 Å². The maximum Gasteiger partial charge on any atom is 0.393 e.